The summed E-state index contributed by atoms with van der Waals surface area (Å²) in [4.78, 5) is 2.34. The van der Waals surface area contributed by atoms with Gasteiger partial charge in [-0.25, -0.2) is 0 Å². The van der Waals surface area contributed by atoms with Gasteiger partial charge in [0.1, 0.15) is 5.75 Å². The monoisotopic (exact) mass is 222 g/mol. The number of hydrogen-bond donors (Lipinski definition) is 2. The maximum absolute atomic E-state index is 9.20. The van der Waals surface area contributed by atoms with Gasteiger partial charge in [-0.15, -0.1) is 0 Å². The summed E-state index contributed by atoms with van der Waals surface area (Å²) in [7, 11) is 4.11. The lowest BCUT2D eigenvalue weighted by Crippen LogP contribution is -2.35. The molecule has 0 heterocycles. The van der Waals surface area contributed by atoms with E-state index in [1.54, 1.807) is 12.1 Å². The van der Waals surface area contributed by atoms with E-state index < -0.39 is 0 Å². The van der Waals surface area contributed by atoms with Crippen LogP contribution in [0.4, 0.5) is 0 Å². The van der Waals surface area contributed by atoms with Gasteiger partial charge in [-0.3, -0.25) is 0 Å². The molecule has 1 unspecified atom stereocenters. The van der Waals surface area contributed by atoms with Crippen LogP contribution in [0.15, 0.2) is 24.3 Å². The summed E-state index contributed by atoms with van der Waals surface area (Å²) in [5.74, 6) is 0.333. The zero-order valence-corrected chi connectivity index (χ0v) is 10.4. The van der Waals surface area contributed by atoms with E-state index in [2.05, 4.69) is 24.2 Å². The van der Waals surface area contributed by atoms with Crippen molar-refractivity contribution in [2.24, 2.45) is 0 Å². The molecule has 0 bridgehead atoms. The van der Waals surface area contributed by atoms with Crippen molar-refractivity contribution in [2.75, 3.05) is 27.2 Å². The molecule has 1 rings (SSSR count). The van der Waals surface area contributed by atoms with Crippen LogP contribution in [0.1, 0.15) is 12.5 Å². The van der Waals surface area contributed by atoms with Crippen molar-refractivity contribution < 1.29 is 5.11 Å². The molecule has 0 aliphatic rings. The molecule has 0 fully saturated rings. The maximum atomic E-state index is 9.20. The second-order valence-electron chi connectivity index (χ2n) is 4.30. The molecule has 0 amide bonds. The van der Waals surface area contributed by atoms with Crippen molar-refractivity contribution in [3.05, 3.63) is 29.8 Å². The molecule has 0 saturated carbocycles. The first-order valence-corrected chi connectivity index (χ1v) is 5.76. The zero-order chi connectivity index (χ0) is 12.0. The lowest BCUT2D eigenvalue weighted by Gasteiger charge is -2.24. The van der Waals surface area contributed by atoms with Gasteiger partial charge in [0.15, 0.2) is 0 Å². The average molecular weight is 222 g/mol. The number of rotatable bonds is 6. The van der Waals surface area contributed by atoms with Crippen LogP contribution in [0, 0.1) is 0 Å². The quantitative estimate of drug-likeness (QED) is 0.765. The maximum Gasteiger partial charge on any atom is 0.115 e. The number of phenolic OH excluding ortho intramolecular Hbond substituents is 1. The molecule has 0 saturated heterocycles. The SMILES string of the molecule is CNCCN(C)C(C)Cc1ccc(O)cc1. The van der Waals surface area contributed by atoms with E-state index in [0.29, 0.717) is 11.8 Å². The molecule has 0 aliphatic heterocycles. The van der Waals surface area contributed by atoms with Gasteiger partial charge in [-0.05, 0) is 45.1 Å². The van der Waals surface area contributed by atoms with Gasteiger partial charge < -0.3 is 15.3 Å². The lowest BCUT2D eigenvalue weighted by molar-refractivity contribution is 0.258. The summed E-state index contributed by atoms with van der Waals surface area (Å²) < 4.78 is 0. The molecule has 3 heteroatoms. The van der Waals surface area contributed by atoms with Crippen molar-refractivity contribution in [1.82, 2.24) is 10.2 Å². The average Bonchev–Trinajstić information content (AvgIpc) is 2.29. The Kier molecular flexibility index (Phi) is 5.29. The van der Waals surface area contributed by atoms with Crippen LogP contribution in [0.2, 0.25) is 0 Å². The topological polar surface area (TPSA) is 35.5 Å². The Morgan fingerprint density at radius 2 is 1.94 bits per heavy atom. The minimum Gasteiger partial charge on any atom is -0.508 e. The van der Waals surface area contributed by atoms with Crippen LogP contribution >= 0.6 is 0 Å². The molecule has 1 aromatic rings. The highest BCUT2D eigenvalue weighted by Gasteiger charge is 2.09. The Balaban J connectivity index is 2.43. The Morgan fingerprint density at radius 3 is 2.50 bits per heavy atom. The highest BCUT2D eigenvalue weighted by atomic mass is 16.3. The van der Waals surface area contributed by atoms with Crippen molar-refractivity contribution >= 4 is 0 Å². The van der Waals surface area contributed by atoms with Crippen molar-refractivity contribution in [3.8, 4) is 5.75 Å². The second-order valence-corrected chi connectivity index (χ2v) is 4.30. The van der Waals surface area contributed by atoms with E-state index in [9.17, 15) is 5.11 Å². The van der Waals surface area contributed by atoms with E-state index in [0.717, 1.165) is 19.5 Å². The van der Waals surface area contributed by atoms with Crippen molar-refractivity contribution in [2.45, 2.75) is 19.4 Å². The van der Waals surface area contributed by atoms with E-state index in [1.165, 1.54) is 5.56 Å². The third-order valence-corrected chi connectivity index (χ3v) is 2.93. The molecule has 3 nitrogen and oxygen atoms in total. The first-order chi connectivity index (χ1) is 7.63. The number of aromatic hydroxyl groups is 1. The molecular weight excluding hydrogens is 200 g/mol. The molecule has 16 heavy (non-hydrogen) atoms. The first-order valence-electron chi connectivity index (χ1n) is 5.76. The molecule has 0 aliphatic carbocycles. The molecule has 90 valence electrons. The number of phenols is 1. The van der Waals surface area contributed by atoms with E-state index >= 15 is 0 Å². The van der Waals surface area contributed by atoms with Gasteiger partial charge in [-0.2, -0.15) is 0 Å². The Labute approximate surface area is 98.1 Å². The molecule has 1 aromatic carbocycles. The van der Waals surface area contributed by atoms with Crippen LogP contribution < -0.4 is 5.32 Å². The number of nitrogens with one attached hydrogen (secondary N) is 1. The van der Waals surface area contributed by atoms with E-state index in [1.807, 2.05) is 19.2 Å². The largest absolute Gasteiger partial charge is 0.508 e. The van der Waals surface area contributed by atoms with Gasteiger partial charge >= 0.3 is 0 Å². The van der Waals surface area contributed by atoms with Crippen LogP contribution in [-0.4, -0.2) is 43.2 Å². The standard InChI is InChI=1S/C13H22N2O/c1-11(15(3)9-8-14-2)10-12-4-6-13(16)7-5-12/h4-7,11,14,16H,8-10H2,1-3H3. The third-order valence-electron chi connectivity index (χ3n) is 2.93. The lowest BCUT2D eigenvalue weighted by atomic mass is 10.1. The molecule has 2 N–H and O–H groups in total. The molecule has 0 aromatic heterocycles. The van der Waals surface area contributed by atoms with Crippen LogP contribution in [0.3, 0.4) is 0 Å². The Morgan fingerprint density at radius 1 is 1.31 bits per heavy atom. The van der Waals surface area contributed by atoms with E-state index in [-0.39, 0.29) is 0 Å². The number of benzene rings is 1. The number of likely N-dealkylation sites (N-methyl/N-ethyl adjacent to an activating group) is 2. The highest BCUT2D eigenvalue weighted by molar-refractivity contribution is 5.26. The first kappa shape index (κ1) is 13.0. The van der Waals surface area contributed by atoms with Gasteiger partial charge in [0.25, 0.3) is 0 Å². The fourth-order valence-electron chi connectivity index (χ4n) is 1.64. The zero-order valence-electron chi connectivity index (χ0n) is 10.4. The fraction of sp³-hybridized carbons (Fsp3) is 0.538. The summed E-state index contributed by atoms with van der Waals surface area (Å²) >= 11 is 0. The number of nitrogens with zero attached hydrogens (tertiary/aromatic N) is 1. The van der Waals surface area contributed by atoms with Gasteiger partial charge in [0.2, 0.25) is 0 Å². The number of hydrogen-bond acceptors (Lipinski definition) is 3. The van der Waals surface area contributed by atoms with Gasteiger partial charge in [0, 0.05) is 19.1 Å². The molecule has 0 spiro atoms. The summed E-state index contributed by atoms with van der Waals surface area (Å²) in [6, 6.07) is 7.97. The Bertz CT molecular complexity index is 297. The van der Waals surface area contributed by atoms with Crippen LogP contribution in [0.25, 0.3) is 0 Å². The third kappa shape index (κ3) is 4.21. The van der Waals surface area contributed by atoms with Gasteiger partial charge in [0.05, 0.1) is 0 Å². The fourth-order valence-corrected chi connectivity index (χ4v) is 1.64. The minimum absolute atomic E-state index is 0.333. The molecular formula is C13H22N2O. The smallest absolute Gasteiger partial charge is 0.115 e. The van der Waals surface area contributed by atoms with Crippen LogP contribution in [0.5, 0.6) is 5.75 Å². The van der Waals surface area contributed by atoms with Crippen molar-refractivity contribution in [1.29, 1.82) is 0 Å². The summed E-state index contributed by atoms with van der Waals surface area (Å²) in [6.07, 6.45) is 1.01. The predicted octanol–water partition coefficient (Wildman–Crippen LogP) is 1.47. The summed E-state index contributed by atoms with van der Waals surface area (Å²) in [5.41, 5.74) is 1.27. The summed E-state index contributed by atoms with van der Waals surface area (Å²) in [6.45, 7) is 4.29. The van der Waals surface area contributed by atoms with E-state index in [4.69, 9.17) is 0 Å². The second kappa shape index (κ2) is 6.51. The summed E-state index contributed by atoms with van der Waals surface area (Å²) in [5, 5.41) is 12.3. The minimum atomic E-state index is 0.333. The van der Waals surface area contributed by atoms with Crippen LogP contribution in [-0.2, 0) is 6.42 Å². The normalized spacial score (nSPS) is 13.0. The Hall–Kier alpha value is -1.06. The predicted molar refractivity (Wildman–Crippen MR) is 67.8 cm³/mol. The van der Waals surface area contributed by atoms with Gasteiger partial charge in [-0.1, -0.05) is 12.1 Å². The molecule has 0 radical (unpaired) electrons. The highest BCUT2D eigenvalue weighted by Crippen LogP contribution is 2.12. The van der Waals surface area contributed by atoms with Crippen molar-refractivity contribution in [3.63, 3.8) is 0 Å². The molecule has 1 atom stereocenters.